The lowest BCUT2D eigenvalue weighted by atomic mass is 10.1. The van der Waals surface area contributed by atoms with Gasteiger partial charge < -0.3 is 10.2 Å². The maximum atomic E-state index is 13.1. The van der Waals surface area contributed by atoms with E-state index in [2.05, 4.69) is 5.32 Å². The average molecular weight is 298 g/mol. The Morgan fingerprint density at radius 3 is 2.64 bits per heavy atom. The lowest BCUT2D eigenvalue weighted by Crippen LogP contribution is -2.28. The molecule has 2 aromatic rings. The molecule has 1 heterocycles. The molecule has 0 saturated carbocycles. The Hall–Kier alpha value is -2.69. The van der Waals surface area contributed by atoms with Gasteiger partial charge in [0.2, 0.25) is 11.8 Å². The van der Waals surface area contributed by atoms with E-state index in [0.29, 0.717) is 12.2 Å². The average Bonchev–Trinajstić information content (AvgIpc) is 2.90. The lowest BCUT2D eigenvalue weighted by molar-refractivity contribution is -0.122. The molecule has 1 aliphatic heterocycles. The van der Waals surface area contributed by atoms with E-state index in [0.717, 1.165) is 5.69 Å². The van der Waals surface area contributed by atoms with Crippen molar-refractivity contribution >= 4 is 23.2 Å². The van der Waals surface area contributed by atoms with Crippen molar-refractivity contribution < 1.29 is 14.0 Å². The molecule has 0 aromatic heterocycles. The summed E-state index contributed by atoms with van der Waals surface area (Å²) in [4.78, 5) is 25.9. The minimum atomic E-state index is -0.434. The molecule has 0 radical (unpaired) electrons. The smallest absolute Gasteiger partial charge is 0.229 e. The van der Waals surface area contributed by atoms with Gasteiger partial charge in [-0.3, -0.25) is 9.59 Å². The molecular formula is C17H15FN2O2. The van der Waals surface area contributed by atoms with Gasteiger partial charge in [0.1, 0.15) is 5.82 Å². The quantitative estimate of drug-likeness (QED) is 0.947. The molecule has 1 fully saturated rings. The maximum Gasteiger partial charge on any atom is 0.229 e. The molecule has 5 heteroatoms. The highest BCUT2D eigenvalue weighted by atomic mass is 19.1. The highest BCUT2D eigenvalue weighted by Crippen LogP contribution is 2.25. The molecule has 1 atom stereocenters. The van der Waals surface area contributed by atoms with Crippen molar-refractivity contribution in [3.63, 3.8) is 0 Å². The number of amides is 2. The minimum Gasteiger partial charge on any atom is -0.326 e. The van der Waals surface area contributed by atoms with Crippen LogP contribution in [0.2, 0.25) is 0 Å². The molecule has 1 saturated heterocycles. The van der Waals surface area contributed by atoms with E-state index >= 15 is 0 Å². The second-order valence-corrected chi connectivity index (χ2v) is 5.24. The van der Waals surface area contributed by atoms with Gasteiger partial charge in [0, 0.05) is 24.3 Å². The predicted octanol–water partition coefficient (Wildman–Crippen LogP) is 2.82. The van der Waals surface area contributed by atoms with Gasteiger partial charge in [-0.25, -0.2) is 4.39 Å². The highest BCUT2D eigenvalue weighted by Gasteiger charge is 2.35. The van der Waals surface area contributed by atoms with E-state index in [1.54, 1.807) is 11.0 Å². The number of para-hydroxylation sites is 1. The van der Waals surface area contributed by atoms with Crippen LogP contribution in [-0.2, 0) is 9.59 Å². The molecule has 0 aliphatic carbocycles. The van der Waals surface area contributed by atoms with Crippen molar-refractivity contribution in [3.05, 3.63) is 60.4 Å². The number of hydrogen-bond donors (Lipinski definition) is 1. The standard InChI is InChI=1S/C17H15FN2O2/c18-13-5-4-6-14(10-13)19-17(22)12-9-16(21)20(11-12)15-7-2-1-3-8-15/h1-8,10,12H,9,11H2,(H,19,22)/t12-/m0/s1. The van der Waals surface area contributed by atoms with Crippen LogP contribution in [-0.4, -0.2) is 18.4 Å². The zero-order chi connectivity index (χ0) is 15.5. The number of carbonyl (C=O) groups excluding carboxylic acids is 2. The van der Waals surface area contributed by atoms with Gasteiger partial charge in [0.25, 0.3) is 0 Å². The van der Waals surface area contributed by atoms with E-state index in [-0.39, 0.29) is 18.2 Å². The lowest BCUT2D eigenvalue weighted by Gasteiger charge is -2.16. The Kier molecular flexibility index (Phi) is 3.87. The van der Waals surface area contributed by atoms with Crippen LogP contribution in [0.25, 0.3) is 0 Å². The van der Waals surface area contributed by atoms with Gasteiger partial charge in [0.05, 0.1) is 5.92 Å². The molecule has 1 N–H and O–H groups in total. The SMILES string of the molecule is O=C(Nc1cccc(F)c1)[C@H]1CC(=O)N(c2ccccc2)C1. The Balaban J connectivity index is 1.69. The first-order valence-corrected chi connectivity index (χ1v) is 7.05. The zero-order valence-electron chi connectivity index (χ0n) is 11.8. The Morgan fingerprint density at radius 1 is 1.14 bits per heavy atom. The number of halogens is 1. The minimum absolute atomic E-state index is 0.0782. The summed E-state index contributed by atoms with van der Waals surface area (Å²) < 4.78 is 13.1. The van der Waals surface area contributed by atoms with Gasteiger partial charge >= 0.3 is 0 Å². The molecule has 0 bridgehead atoms. The molecular weight excluding hydrogens is 283 g/mol. The van der Waals surface area contributed by atoms with Crippen LogP contribution in [0.4, 0.5) is 15.8 Å². The van der Waals surface area contributed by atoms with Crippen LogP contribution < -0.4 is 10.2 Å². The number of rotatable bonds is 3. The molecule has 2 amide bonds. The normalized spacial score (nSPS) is 17.6. The summed E-state index contributed by atoms with van der Waals surface area (Å²) in [7, 11) is 0. The van der Waals surface area contributed by atoms with Crippen LogP contribution >= 0.6 is 0 Å². The fraction of sp³-hybridized carbons (Fsp3) is 0.176. The summed E-state index contributed by atoms with van der Waals surface area (Å²) in [6.07, 6.45) is 0.163. The number of carbonyl (C=O) groups is 2. The van der Waals surface area contributed by atoms with Gasteiger partial charge in [-0.1, -0.05) is 24.3 Å². The second-order valence-electron chi connectivity index (χ2n) is 5.24. The van der Waals surface area contributed by atoms with Gasteiger partial charge in [-0.05, 0) is 30.3 Å². The zero-order valence-corrected chi connectivity index (χ0v) is 11.8. The molecule has 3 rings (SSSR count). The number of nitrogens with one attached hydrogen (secondary N) is 1. The Morgan fingerprint density at radius 2 is 1.91 bits per heavy atom. The van der Waals surface area contributed by atoms with Crippen LogP contribution in [0, 0.1) is 11.7 Å². The largest absolute Gasteiger partial charge is 0.326 e. The van der Waals surface area contributed by atoms with Crippen molar-refractivity contribution in [1.82, 2.24) is 0 Å². The van der Waals surface area contributed by atoms with E-state index in [9.17, 15) is 14.0 Å². The summed E-state index contributed by atoms with van der Waals surface area (Å²) >= 11 is 0. The molecule has 112 valence electrons. The summed E-state index contributed by atoms with van der Waals surface area (Å²) in [5.74, 6) is -1.19. The first-order chi connectivity index (χ1) is 10.6. The molecule has 2 aromatic carbocycles. The van der Waals surface area contributed by atoms with Crippen LogP contribution in [0.5, 0.6) is 0 Å². The Bertz CT molecular complexity index is 703. The fourth-order valence-electron chi connectivity index (χ4n) is 2.55. The third kappa shape index (κ3) is 2.98. The van der Waals surface area contributed by atoms with Crippen LogP contribution in [0.1, 0.15) is 6.42 Å². The topological polar surface area (TPSA) is 49.4 Å². The number of hydrogen-bond acceptors (Lipinski definition) is 2. The Labute approximate surface area is 127 Å². The van der Waals surface area contributed by atoms with Crippen molar-refractivity contribution in [2.75, 3.05) is 16.8 Å². The summed E-state index contributed by atoms with van der Waals surface area (Å²) in [5, 5.41) is 2.66. The van der Waals surface area contributed by atoms with Crippen LogP contribution in [0.15, 0.2) is 54.6 Å². The summed E-state index contributed by atoms with van der Waals surface area (Å²) in [6.45, 7) is 0.337. The predicted molar refractivity (Wildman–Crippen MR) is 81.9 cm³/mol. The third-order valence-electron chi connectivity index (χ3n) is 3.66. The maximum absolute atomic E-state index is 13.1. The van der Waals surface area contributed by atoms with Crippen molar-refractivity contribution in [3.8, 4) is 0 Å². The van der Waals surface area contributed by atoms with E-state index in [1.165, 1.54) is 18.2 Å². The van der Waals surface area contributed by atoms with Gasteiger partial charge in [0.15, 0.2) is 0 Å². The first-order valence-electron chi connectivity index (χ1n) is 7.05. The van der Waals surface area contributed by atoms with Gasteiger partial charge in [-0.15, -0.1) is 0 Å². The molecule has 1 aliphatic rings. The molecule has 0 spiro atoms. The number of nitrogens with zero attached hydrogens (tertiary/aromatic N) is 1. The monoisotopic (exact) mass is 298 g/mol. The highest BCUT2D eigenvalue weighted by molar-refractivity contribution is 6.03. The molecule has 4 nitrogen and oxygen atoms in total. The van der Waals surface area contributed by atoms with Gasteiger partial charge in [-0.2, -0.15) is 0 Å². The second kappa shape index (κ2) is 5.97. The van der Waals surface area contributed by atoms with E-state index < -0.39 is 11.7 Å². The fourth-order valence-corrected chi connectivity index (χ4v) is 2.55. The number of anilines is 2. The van der Waals surface area contributed by atoms with E-state index in [1.807, 2.05) is 30.3 Å². The summed E-state index contributed by atoms with van der Waals surface area (Å²) in [6, 6.07) is 15.0. The van der Waals surface area contributed by atoms with Crippen LogP contribution in [0.3, 0.4) is 0 Å². The third-order valence-corrected chi connectivity index (χ3v) is 3.66. The molecule has 22 heavy (non-hydrogen) atoms. The summed E-state index contributed by atoms with van der Waals surface area (Å²) in [5.41, 5.74) is 1.18. The number of benzene rings is 2. The molecule has 0 unspecified atom stereocenters. The first kappa shape index (κ1) is 14.3. The van der Waals surface area contributed by atoms with Crippen molar-refractivity contribution in [2.45, 2.75) is 6.42 Å². The van der Waals surface area contributed by atoms with Crippen molar-refractivity contribution in [1.29, 1.82) is 0 Å². The van der Waals surface area contributed by atoms with E-state index in [4.69, 9.17) is 0 Å². The van der Waals surface area contributed by atoms with Crippen molar-refractivity contribution in [2.24, 2.45) is 5.92 Å².